The first-order valence-corrected chi connectivity index (χ1v) is 24.8. The zero-order valence-electron chi connectivity index (χ0n) is 40.8. The van der Waals surface area contributed by atoms with Crippen molar-refractivity contribution in [2.24, 2.45) is 11.7 Å². The van der Waals surface area contributed by atoms with Crippen LogP contribution in [0.3, 0.4) is 0 Å². The largest absolute Gasteiger partial charge is 0.472 e. The molecule has 0 saturated carbocycles. The van der Waals surface area contributed by atoms with Crippen LogP contribution in [0.4, 0.5) is 0 Å². The van der Waals surface area contributed by atoms with Crippen LogP contribution >= 0.6 is 7.82 Å². The number of ether oxygens (including phenoxy) is 2. The molecule has 1 unspecified atom stereocenters. The lowest BCUT2D eigenvalue weighted by atomic mass is 10.0. The average molecular weight is 979 g/mol. The van der Waals surface area contributed by atoms with Gasteiger partial charge in [0, 0.05) is 31.5 Å². The van der Waals surface area contributed by atoms with Gasteiger partial charge in [0.1, 0.15) is 30.2 Å². The fourth-order valence-corrected chi connectivity index (χ4v) is 8.30. The molecular formula is C46H75N8O13P. The number of aromatic amines is 1. The van der Waals surface area contributed by atoms with E-state index in [0.717, 1.165) is 12.0 Å². The van der Waals surface area contributed by atoms with Crippen molar-refractivity contribution < 1.29 is 61.9 Å². The standard InChI is InChI=1S/C46H75N8O13P/c1-30(2)25-34(51-44(61)37-18-14-21-54(37)38(56)19-23-65-46(7,8)20-24-64-45(4,5)6)41(58)50-35(26-33-27-48-29-49-33)42(59)52-36(28-55)43(60)53-39(40(47)57)31(3)67-68(62,63)66-22-13-12-17-32-15-10-9-11-16-32/h9-11,15-16,27,29-31,34-37,39,55H,12-14,17-26,28H2,1-8H3,(H2,47,57)(H,48,49)(H,50,58)(H,51,61)(H,52,59)(H,53,60)(H,62,63)/t31-,34+,35+,36+,37+,39+/m1/s1. The number of H-pyrrole nitrogens is 1. The molecule has 1 aliphatic heterocycles. The highest BCUT2D eigenvalue weighted by Crippen LogP contribution is 2.45. The van der Waals surface area contributed by atoms with Crippen LogP contribution in [-0.4, -0.2) is 141 Å². The number of aryl methyl sites for hydroxylation is 1. The first-order chi connectivity index (χ1) is 31.9. The maximum absolute atomic E-state index is 14.0. The summed E-state index contributed by atoms with van der Waals surface area (Å²) >= 11 is 0. The lowest BCUT2D eigenvalue weighted by Crippen LogP contribution is -2.61. The molecule has 22 heteroatoms. The number of nitrogens with one attached hydrogen (secondary N) is 5. The second-order valence-corrected chi connectivity index (χ2v) is 20.4. The normalized spacial score (nSPS) is 17.3. The van der Waals surface area contributed by atoms with Crippen molar-refractivity contribution in [1.82, 2.24) is 36.1 Å². The van der Waals surface area contributed by atoms with Gasteiger partial charge in [-0.3, -0.25) is 37.8 Å². The number of aromatic nitrogens is 2. The molecule has 2 heterocycles. The zero-order chi connectivity index (χ0) is 50.7. The van der Waals surface area contributed by atoms with Crippen LogP contribution < -0.4 is 27.0 Å². The van der Waals surface area contributed by atoms with Gasteiger partial charge in [0.05, 0.1) is 49.9 Å². The lowest BCUT2D eigenvalue weighted by Gasteiger charge is -2.30. The van der Waals surface area contributed by atoms with E-state index in [0.29, 0.717) is 50.9 Å². The van der Waals surface area contributed by atoms with E-state index >= 15 is 0 Å². The van der Waals surface area contributed by atoms with Gasteiger partial charge >= 0.3 is 7.82 Å². The molecule has 1 saturated heterocycles. The number of primary amides is 1. The van der Waals surface area contributed by atoms with Gasteiger partial charge in [-0.25, -0.2) is 9.55 Å². The van der Waals surface area contributed by atoms with Gasteiger partial charge in [-0.1, -0.05) is 44.2 Å². The maximum Gasteiger partial charge on any atom is 0.472 e. The summed E-state index contributed by atoms with van der Waals surface area (Å²) in [5.41, 5.74) is 6.20. The van der Waals surface area contributed by atoms with Gasteiger partial charge in [0.25, 0.3) is 0 Å². The summed E-state index contributed by atoms with van der Waals surface area (Å²) in [6.45, 7) is 14.5. The van der Waals surface area contributed by atoms with Crippen molar-refractivity contribution in [3.05, 3.63) is 54.1 Å². The SMILES string of the molecule is CC(C)C[C@H](NC(=O)[C@@H]1CCCN1C(=O)CCOC(C)(C)CCOC(C)(C)C)C(=O)N[C@@H](Cc1cnc[nH]1)C(=O)N[C@@H](CO)C(=O)N[C@H](C(N)=O)[C@@H](C)OP(=O)(O)OCCCCc1ccccc1. The number of aliphatic hydroxyl groups is 1. The summed E-state index contributed by atoms with van der Waals surface area (Å²) in [4.78, 5) is 99.7. The number of benzene rings is 1. The van der Waals surface area contributed by atoms with Crippen molar-refractivity contribution in [3.8, 4) is 0 Å². The predicted octanol–water partition coefficient (Wildman–Crippen LogP) is 2.34. The van der Waals surface area contributed by atoms with Crippen molar-refractivity contribution in [1.29, 1.82) is 0 Å². The highest BCUT2D eigenvalue weighted by molar-refractivity contribution is 7.47. The quantitative estimate of drug-likeness (QED) is 0.0412. The molecule has 0 radical (unpaired) electrons. The summed E-state index contributed by atoms with van der Waals surface area (Å²) in [7, 11) is -4.74. The molecule has 6 amide bonds. The molecule has 68 heavy (non-hydrogen) atoms. The Morgan fingerprint density at radius 1 is 0.897 bits per heavy atom. The van der Waals surface area contributed by atoms with Crippen LogP contribution in [0.5, 0.6) is 0 Å². The molecule has 1 aliphatic rings. The van der Waals surface area contributed by atoms with E-state index in [-0.39, 0.29) is 49.9 Å². The number of carbonyl (C=O) groups is 6. The third-order valence-electron chi connectivity index (χ3n) is 11.0. The zero-order valence-corrected chi connectivity index (χ0v) is 41.7. The number of rotatable bonds is 30. The van der Waals surface area contributed by atoms with Crippen LogP contribution in [0.1, 0.15) is 112 Å². The smallest absolute Gasteiger partial charge is 0.394 e. The van der Waals surface area contributed by atoms with E-state index in [1.165, 1.54) is 24.3 Å². The van der Waals surface area contributed by atoms with E-state index in [2.05, 4.69) is 31.2 Å². The second-order valence-electron chi connectivity index (χ2n) is 19.0. The van der Waals surface area contributed by atoms with E-state index < -0.39 is 85.9 Å². The molecule has 0 spiro atoms. The molecular weight excluding hydrogens is 904 g/mol. The van der Waals surface area contributed by atoms with Gasteiger partial charge < -0.3 is 56.4 Å². The molecule has 9 N–H and O–H groups in total. The van der Waals surface area contributed by atoms with Crippen molar-refractivity contribution in [2.45, 2.75) is 161 Å². The Labute approximate surface area is 399 Å². The number of hydrogen-bond donors (Lipinski definition) is 8. The van der Waals surface area contributed by atoms with Crippen molar-refractivity contribution in [2.75, 3.05) is 33.0 Å². The third kappa shape index (κ3) is 20.9. The summed E-state index contributed by atoms with van der Waals surface area (Å²) in [6, 6.07) is 2.82. The number of imidazole rings is 1. The lowest BCUT2D eigenvalue weighted by molar-refractivity contribution is -0.141. The average Bonchev–Trinajstić information content (AvgIpc) is 3.96. The fourth-order valence-electron chi connectivity index (χ4n) is 7.34. The number of carbonyl (C=O) groups excluding carboxylic acids is 6. The molecule has 0 aliphatic carbocycles. The van der Waals surface area contributed by atoms with Crippen molar-refractivity contribution in [3.63, 3.8) is 0 Å². The number of likely N-dealkylation sites (tertiary alicyclic amines) is 1. The van der Waals surface area contributed by atoms with Gasteiger partial charge in [-0.15, -0.1) is 0 Å². The minimum absolute atomic E-state index is 0.0480. The minimum Gasteiger partial charge on any atom is -0.394 e. The summed E-state index contributed by atoms with van der Waals surface area (Å²) in [5.74, 6) is -4.83. The topological polar surface area (TPSA) is 303 Å². The molecule has 0 bridgehead atoms. The number of phosphoric ester groups is 1. The molecule has 382 valence electrons. The minimum atomic E-state index is -4.74. The second kappa shape index (κ2) is 27.4. The molecule has 7 atom stereocenters. The van der Waals surface area contributed by atoms with Gasteiger partial charge in [-0.05, 0) is 98.0 Å². The maximum atomic E-state index is 14.0. The number of hydrogen-bond acceptors (Lipinski definition) is 13. The molecule has 1 fully saturated rings. The highest BCUT2D eigenvalue weighted by Gasteiger charge is 2.38. The Balaban J connectivity index is 1.64. The first kappa shape index (κ1) is 57.6. The van der Waals surface area contributed by atoms with Crippen LogP contribution in [0.2, 0.25) is 0 Å². The molecule has 1 aromatic heterocycles. The Morgan fingerprint density at radius 3 is 2.18 bits per heavy atom. The van der Waals surface area contributed by atoms with Gasteiger partial charge in [0.2, 0.25) is 35.4 Å². The number of unbranched alkanes of at least 4 members (excludes halogenated alkanes) is 1. The molecule has 2 aromatic rings. The number of nitrogens with zero attached hydrogens (tertiary/aromatic N) is 2. The number of amides is 6. The van der Waals surface area contributed by atoms with Gasteiger partial charge in [0.15, 0.2) is 0 Å². The van der Waals surface area contributed by atoms with Crippen LogP contribution in [-0.2, 0) is 64.7 Å². The molecule has 3 rings (SSSR count). The van der Waals surface area contributed by atoms with E-state index in [1.54, 1.807) is 0 Å². The summed E-state index contributed by atoms with van der Waals surface area (Å²) < 4.78 is 34.8. The third-order valence-corrected chi connectivity index (χ3v) is 12.1. The Morgan fingerprint density at radius 2 is 1.56 bits per heavy atom. The first-order valence-electron chi connectivity index (χ1n) is 23.3. The number of phosphoric acid groups is 1. The van der Waals surface area contributed by atoms with Gasteiger partial charge in [-0.2, -0.15) is 0 Å². The fraction of sp³-hybridized carbons (Fsp3) is 0.674. The number of aliphatic hydroxyl groups excluding tert-OH is 1. The summed E-state index contributed by atoms with van der Waals surface area (Å²) in [5, 5.41) is 20.3. The van der Waals surface area contributed by atoms with Crippen molar-refractivity contribution >= 4 is 43.3 Å². The summed E-state index contributed by atoms with van der Waals surface area (Å²) in [6.07, 6.45) is 4.69. The van der Waals surface area contributed by atoms with E-state index in [9.17, 15) is 43.3 Å². The predicted molar refractivity (Wildman–Crippen MR) is 251 cm³/mol. The van der Waals surface area contributed by atoms with Crippen LogP contribution in [0.25, 0.3) is 0 Å². The van der Waals surface area contributed by atoms with E-state index in [1.807, 2.05) is 78.8 Å². The Hall–Kier alpha value is -4.76. The van der Waals surface area contributed by atoms with E-state index in [4.69, 9.17) is 24.3 Å². The van der Waals surface area contributed by atoms with Crippen LogP contribution in [0.15, 0.2) is 42.9 Å². The Kier molecular flexibility index (Phi) is 23.2. The molecule has 1 aromatic carbocycles. The number of nitrogens with two attached hydrogens (primary N) is 1. The highest BCUT2D eigenvalue weighted by atomic mass is 31.2. The Bertz CT molecular complexity index is 1960. The molecule has 21 nitrogen and oxygen atoms in total. The monoisotopic (exact) mass is 979 g/mol. The van der Waals surface area contributed by atoms with Crippen LogP contribution in [0, 0.1) is 5.92 Å².